The smallest absolute Gasteiger partial charge is 0.0657 e. The van der Waals surface area contributed by atoms with Crippen molar-refractivity contribution < 1.29 is 15.3 Å². The number of rotatable bonds is 1. The summed E-state index contributed by atoms with van der Waals surface area (Å²) in [6.45, 7) is 13.3. The normalized spacial score (nSPS) is 51.0. The van der Waals surface area contributed by atoms with Crippen LogP contribution in [0.15, 0.2) is 34.9 Å². The second-order valence-corrected chi connectivity index (χ2v) is 18.8. The van der Waals surface area contributed by atoms with E-state index in [9.17, 15) is 15.3 Å². The van der Waals surface area contributed by atoms with Crippen molar-refractivity contribution in [2.45, 2.75) is 176 Å². The molecule has 8 aliphatic carbocycles. The zero-order valence-corrected chi connectivity index (χ0v) is 29.7. The Morgan fingerprint density at radius 2 is 1.21 bits per heavy atom. The Morgan fingerprint density at radius 3 is 1.74 bits per heavy atom. The van der Waals surface area contributed by atoms with Gasteiger partial charge in [0.25, 0.3) is 0 Å². The first-order valence-electron chi connectivity index (χ1n) is 19.4. The van der Waals surface area contributed by atoms with Gasteiger partial charge in [0.2, 0.25) is 0 Å². The summed E-state index contributed by atoms with van der Waals surface area (Å²) >= 11 is 0. The van der Waals surface area contributed by atoms with Gasteiger partial charge in [-0.15, -0.1) is 0 Å². The standard InChI is InChI=1S/C21H34O2.C21H32O.2CH4/c1-13(22)18-6-7-19-17-5-4-14-12-20(2,23)10-8-15(14)16(17)9-11-21(18,19)3;1-4-15-6-8-19-18-7-5-14-13-20(2,22)11-9-16(14)17(18)10-12-21(15,19)3;;/h4,13,15-19,22-23H,5-12H2,1-3H3;4-5,16-19,22H,6-13H2,1-3H3;2*1H4/b;15-4-;;/t13?,15-,16+,17+,18+,19-,20-,21+;16-,17+,18+,19-,20-,21+;;/m00../s1. The molecule has 14 atom stereocenters. The minimum absolute atomic E-state index is 0. The summed E-state index contributed by atoms with van der Waals surface area (Å²) in [5, 5.41) is 31.1. The third-order valence-corrected chi connectivity index (χ3v) is 16.3. The fourth-order valence-corrected chi connectivity index (χ4v) is 14.1. The van der Waals surface area contributed by atoms with E-state index in [1.165, 1.54) is 77.0 Å². The van der Waals surface area contributed by atoms with Gasteiger partial charge in [0, 0.05) is 0 Å². The molecule has 3 heteroatoms. The number of fused-ring (bicyclic) bond motifs is 10. The molecule has 6 saturated carbocycles. The summed E-state index contributed by atoms with van der Waals surface area (Å²) < 4.78 is 0. The third-order valence-electron chi connectivity index (χ3n) is 16.3. The van der Waals surface area contributed by atoms with Crippen LogP contribution in [0.1, 0.15) is 159 Å². The van der Waals surface area contributed by atoms with Gasteiger partial charge in [0.15, 0.2) is 0 Å². The van der Waals surface area contributed by atoms with Crippen LogP contribution in [0.2, 0.25) is 0 Å². The fourth-order valence-electron chi connectivity index (χ4n) is 14.1. The van der Waals surface area contributed by atoms with Crippen molar-refractivity contribution in [1.29, 1.82) is 0 Å². The molecule has 0 aromatic rings. The fraction of sp³-hybridized carbons (Fsp3) is 0.864. The predicted molar refractivity (Wildman–Crippen MR) is 198 cm³/mol. The molecule has 0 radical (unpaired) electrons. The van der Waals surface area contributed by atoms with Crippen LogP contribution in [-0.4, -0.2) is 32.6 Å². The SMILES string of the molecule is C.C.C/C=C1/CC[C@H]2[C@@H]3CC=C4C[C@@](C)(O)CC[C@@H]4[C@H]3CC[C@]12C.CC(O)[C@H]1CC[C@H]2[C@@H]3CC=C4C[C@@](C)(O)CC[C@@H]4[C@H]3CC[C@]12C. The van der Waals surface area contributed by atoms with E-state index < -0.39 is 11.2 Å². The summed E-state index contributed by atoms with van der Waals surface area (Å²) in [6, 6.07) is 0. The zero-order chi connectivity index (χ0) is 31.9. The average molecular weight is 651 g/mol. The van der Waals surface area contributed by atoms with Crippen LogP contribution in [0.3, 0.4) is 0 Å². The van der Waals surface area contributed by atoms with Crippen LogP contribution in [-0.2, 0) is 0 Å². The van der Waals surface area contributed by atoms with E-state index in [4.69, 9.17) is 0 Å². The first-order valence-corrected chi connectivity index (χ1v) is 19.4. The largest absolute Gasteiger partial charge is 0.393 e. The lowest BCUT2D eigenvalue weighted by Gasteiger charge is -2.54. The van der Waals surface area contributed by atoms with Gasteiger partial charge in [-0.1, -0.05) is 63.6 Å². The molecule has 0 amide bonds. The molecule has 47 heavy (non-hydrogen) atoms. The molecule has 6 fully saturated rings. The molecule has 0 aliphatic heterocycles. The van der Waals surface area contributed by atoms with Gasteiger partial charge in [-0.3, -0.25) is 0 Å². The maximum atomic E-state index is 10.4. The topological polar surface area (TPSA) is 60.7 Å². The minimum atomic E-state index is -0.469. The Labute approximate surface area is 290 Å². The quantitative estimate of drug-likeness (QED) is 0.248. The van der Waals surface area contributed by atoms with Gasteiger partial charge in [-0.05, 0) is 195 Å². The van der Waals surface area contributed by atoms with Gasteiger partial charge in [-0.25, -0.2) is 0 Å². The molecular formula is C44H74O3. The van der Waals surface area contributed by atoms with E-state index in [-0.39, 0.29) is 21.0 Å². The number of allylic oxidation sites excluding steroid dienone is 4. The van der Waals surface area contributed by atoms with Crippen LogP contribution in [0, 0.1) is 64.1 Å². The van der Waals surface area contributed by atoms with Gasteiger partial charge in [0.05, 0.1) is 17.3 Å². The summed E-state index contributed by atoms with van der Waals surface area (Å²) in [5.41, 5.74) is 4.87. The third kappa shape index (κ3) is 6.32. The van der Waals surface area contributed by atoms with Gasteiger partial charge < -0.3 is 15.3 Å². The highest BCUT2D eigenvalue weighted by molar-refractivity contribution is 5.27. The molecule has 8 aliphatic rings. The van der Waals surface area contributed by atoms with E-state index >= 15 is 0 Å². The first-order chi connectivity index (χ1) is 21.3. The minimum Gasteiger partial charge on any atom is -0.393 e. The van der Waals surface area contributed by atoms with Crippen LogP contribution in [0.4, 0.5) is 0 Å². The van der Waals surface area contributed by atoms with Crippen LogP contribution < -0.4 is 0 Å². The highest BCUT2D eigenvalue weighted by Crippen LogP contribution is 2.65. The van der Waals surface area contributed by atoms with Crippen molar-refractivity contribution in [3.63, 3.8) is 0 Å². The number of aliphatic hydroxyl groups is 3. The van der Waals surface area contributed by atoms with Crippen molar-refractivity contribution in [2.75, 3.05) is 0 Å². The van der Waals surface area contributed by atoms with Crippen LogP contribution >= 0.6 is 0 Å². The summed E-state index contributed by atoms with van der Waals surface area (Å²) in [7, 11) is 0. The molecule has 268 valence electrons. The van der Waals surface area contributed by atoms with Gasteiger partial charge in [0.1, 0.15) is 0 Å². The van der Waals surface area contributed by atoms with E-state index in [1.807, 2.05) is 20.8 Å². The molecule has 3 N–H and O–H groups in total. The molecule has 3 nitrogen and oxygen atoms in total. The Balaban J connectivity index is 0.000000177. The molecule has 0 bridgehead atoms. The molecule has 0 saturated heterocycles. The first kappa shape index (κ1) is 37.4. The molecule has 0 aromatic carbocycles. The number of hydrogen-bond acceptors (Lipinski definition) is 3. The lowest BCUT2D eigenvalue weighted by atomic mass is 9.51. The van der Waals surface area contributed by atoms with E-state index in [0.717, 1.165) is 73.0 Å². The second-order valence-electron chi connectivity index (χ2n) is 18.8. The highest BCUT2D eigenvalue weighted by Gasteiger charge is 2.57. The van der Waals surface area contributed by atoms with E-state index in [1.54, 1.807) is 16.7 Å². The zero-order valence-electron chi connectivity index (χ0n) is 29.7. The summed E-state index contributed by atoms with van der Waals surface area (Å²) in [5.74, 6) is 7.25. The second kappa shape index (κ2) is 13.3. The maximum absolute atomic E-state index is 10.4. The highest BCUT2D eigenvalue weighted by atomic mass is 16.3. The molecule has 8 rings (SSSR count). The van der Waals surface area contributed by atoms with E-state index in [0.29, 0.717) is 16.7 Å². The molecule has 0 heterocycles. The summed E-state index contributed by atoms with van der Waals surface area (Å²) in [6.07, 6.45) is 26.8. The Hall–Kier alpha value is -0.900. The number of hydrogen-bond donors (Lipinski definition) is 3. The molecule has 1 unspecified atom stereocenters. The van der Waals surface area contributed by atoms with Crippen LogP contribution in [0.25, 0.3) is 0 Å². The van der Waals surface area contributed by atoms with Crippen molar-refractivity contribution in [1.82, 2.24) is 0 Å². The van der Waals surface area contributed by atoms with Gasteiger partial charge in [-0.2, -0.15) is 0 Å². The van der Waals surface area contributed by atoms with Gasteiger partial charge >= 0.3 is 0 Å². The Bertz CT molecular complexity index is 1220. The van der Waals surface area contributed by atoms with Crippen LogP contribution in [0.5, 0.6) is 0 Å². The van der Waals surface area contributed by atoms with E-state index in [2.05, 4.69) is 39.0 Å². The lowest BCUT2D eigenvalue weighted by molar-refractivity contribution is -0.0527. The monoisotopic (exact) mass is 651 g/mol. The van der Waals surface area contributed by atoms with Crippen molar-refractivity contribution in [2.24, 2.45) is 64.1 Å². The lowest BCUT2D eigenvalue weighted by Crippen LogP contribution is -2.48. The molecule has 0 spiro atoms. The average Bonchev–Trinajstić information content (AvgIpc) is 3.52. The Morgan fingerprint density at radius 1 is 0.681 bits per heavy atom. The van der Waals surface area contributed by atoms with Crippen molar-refractivity contribution >= 4 is 0 Å². The Kier molecular flexibility index (Phi) is 10.6. The molecular weight excluding hydrogens is 576 g/mol. The predicted octanol–water partition coefficient (Wildman–Crippen LogP) is 10.8. The van der Waals surface area contributed by atoms with Crippen molar-refractivity contribution in [3.8, 4) is 0 Å². The number of aliphatic hydroxyl groups excluding tert-OH is 1. The van der Waals surface area contributed by atoms with Crippen molar-refractivity contribution in [3.05, 3.63) is 34.9 Å². The molecule has 0 aromatic heterocycles. The summed E-state index contributed by atoms with van der Waals surface area (Å²) in [4.78, 5) is 0. The maximum Gasteiger partial charge on any atom is 0.0657 e.